The molecule has 1 heterocycles. The van der Waals surface area contributed by atoms with Gasteiger partial charge in [0, 0.05) is 6.54 Å². The highest BCUT2D eigenvalue weighted by Gasteiger charge is 2.36. The Labute approximate surface area is 169 Å². The van der Waals surface area contributed by atoms with Gasteiger partial charge in [-0.15, -0.1) is 0 Å². The van der Waals surface area contributed by atoms with Gasteiger partial charge in [-0.05, 0) is 40.5 Å². The van der Waals surface area contributed by atoms with Crippen LogP contribution in [0.15, 0.2) is 0 Å². The molecule has 0 radical (unpaired) electrons. The number of carbonyl (C=O) groups excluding carboxylic acids is 5. The minimum absolute atomic E-state index is 0.206. The van der Waals surface area contributed by atoms with Gasteiger partial charge >= 0.3 is 12.1 Å². The number of hydrogen-bond donors (Lipinski definition) is 3. The van der Waals surface area contributed by atoms with Crippen molar-refractivity contribution in [2.24, 2.45) is 0 Å². The lowest BCUT2D eigenvalue weighted by atomic mass is 10.2. The maximum atomic E-state index is 12.3. The normalized spacial score (nSPS) is 16.0. The Balaban J connectivity index is 2.35. The second kappa shape index (κ2) is 11.2. The molecule has 1 unspecified atom stereocenters. The summed E-state index contributed by atoms with van der Waals surface area (Å²) in [4.78, 5) is 60.4. The number of rotatable bonds is 8. The third kappa shape index (κ3) is 9.26. The van der Waals surface area contributed by atoms with Crippen LogP contribution in [-0.2, 0) is 28.7 Å². The molecule has 29 heavy (non-hydrogen) atoms. The molecule has 1 saturated heterocycles. The predicted molar refractivity (Wildman–Crippen MR) is 102 cm³/mol. The van der Waals surface area contributed by atoms with Gasteiger partial charge in [0.15, 0.2) is 0 Å². The van der Waals surface area contributed by atoms with Crippen molar-refractivity contribution in [1.82, 2.24) is 20.9 Å². The topological polar surface area (TPSA) is 143 Å². The molecule has 1 aliphatic heterocycles. The van der Waals surface area contributed by atoms with Crippen LogP contribution in [0.1, 0.15) is 40.5 Å². The molecule has 1 aliphatic rings. The van der Waals surface area contributed by atoms with E-state index in [0.717, 1.165) is 0 Å². The Kier molecular flexibility index (Phi) is 9.36. The van der Waals surface area contributed by atoms with Crippen LogP contribution >= 0.6 is 0 Å². The first-order chi connectivity index (χ1) is 13.5. The van der Waals surface area contributed by atoms with E-state index in [9.17, 15) is 24.0 Å². The third-order valence-electron chi connectivity index (χ3n) is 3.79. The Hall–Kier alpha value is -2.85. The van der Waals surface area contributed by atoms with E-state index in [0.29, 0.717) is 19.4 Å². The number of hydrogen-bond acceptors (Lipinski definition) is 7. The lowest BCUT2D eigenvalue weighted by molar-refractivity contribution is -0.143. The van der Waals surface area contributed by atoms with Crippen LogP contribution in [0.5, 0.6) is 0 Å². The van der Waals surface area contributed by atoms with Crippen LogP contribution < -0.4 is 16.0 Å². The second-order valence-corrected chi connectivity index (χ2v) is 7.41. The molecule has 11 nitrogen and oxygen atoms in total. The minimum Gasteiger partial charge on any atom is -0.465 e. The van der Waals surface area contributed by atoms with Crippen LogP contribution in [0.25, 0.3) is 0 Å². The molecule has 1 fully saturated rings. The van der Waals surface area contributed by atoms with E-state index >= 15 is 0 Å². The van der Waals surface area contributed by atoms with E-state index < -0.39 is 41.4 Å². The lowest BCUT2D eigenvalue weighted by Gasteiger charge is -2.28. The first-order valence-electron chi connectivity index (χ1n) is 9.50. The van der Waals surface area contributed by atoms with Crippen molar-refractivity contribution in [3.8, 4) is 0 Å². The molecular formula is C18H30N4O7. The zero-order chi connectivity index (χ0) is 22.0. The molecule has 0 spiro atoms. The first-order valence-corrected chi connectivity index (χ1v) is 9.50. The number of nitrogens with zero attached hydrogens (tertiary/aromatic N) is 1. The van der Waals surface area contributed by atoms with Crippen molar-refractivity contribution in [2.75, 3.05) is 32.8 Å². The summed E-state index contributed by atoms with van der Waals surface area (Å²) < 4.78 is 9.96. The average Bonchev–Trinajstić information content (AvgIpc) is 3.11. The average molecular weight is 414 g/mol. The molecule has 0 aromatic rings. The van der Waals surface area contributed by atoms with Crippen molar-refractivity contribution < 1.29 is 33.4 Å². The lowest BCUT2D eigenvalue weighted by Crippen LogP contribution is -2.50. The van der Waals surface area contributed by atoms with Gasteiger partial charge in [-0.3, -0.25) is 24.1 Å². The largest absolute Gasteiger partial charge is 0.465 e. The summed E-state index contributed by atoms with van der Waals surface area (Å²) in [5.74, 6) is -2.18. The van der Waals surface area contributed by atoms with Crippen molar-refractivity contribution in [3.63, 3.8) is 0 Å². The third-order valence-corrected chi connectivity index (χ3v) is 3.79. The predicted octanol–water partition coefficient (Wildman–Crippen LogP) is -0.702. The van der Waals surface area contributed by atoms with Gasteiger partial charge in [-0.2, -0.15) is 0 Å². The molecule has 0 saturated carbocycles. The standard InChI is InChI=1S/C18H30N4O7/c1-5-28-15(25)11-20-13(23)9-19-14(24)10-21-16(26)12-7-6-8-22(12)17(27)29-18(2,3)4/h12H,5-11H2,1-4H3,(H,19,24)(H,20,23)(H,21,26). The van der Waals surface area contributed by atoms with Crippen LogP contribution in [0, 0.1) is 0 Å². The summed E-state index contributed by atoms with van der Waals surface area (Å²) in [5.41, 5.74) is -0.672. The summed E-state index contributed by atoms with van der Waals surface area (Å²) >= 11 is 0. The molecule has 164 valence electrons. The molecular weight excluding hydrogens is 384 g/mol. The fourth-order valence-electron chi connectivity index (χ4n) is 2.55. The van der Waals surface area contributed by atoms with Crippen molar-refractivity contribution in [2.45, 2.75) is 52.2 Å². The van der Waals surface area contributed by atoms with Gasteiger partial charge in [0.25, 0.3) is 0 Å². The van der Waals surface area contributed by atoms with Crippen LogP contribution in [0.4, 0.5) is 4.79 Å². The van der Waals surface area contributed by atoms with Crippen molar-refractivity contribution >= 4 is 29.8 Å². The van der Waals surface area contributed by atoms with E-state index in [2.05, 4.69) is 20.7 Å². The molecule has 0 aromatic heterocycles. The van der Waals surface area contributed by atoms with Gasteiger partial charge < -0.3 is 25.4 Å². The molecule has 4 amide bonds. The number of carbonyl (C=O) groups is 5. The summed E-state index contributed by atoms with van der Waals surface area (Å²) in [5, 5.41) is 7.08. The van der Waals surface area contributed by atoms with E-state index in [1.807, 2.05) is 0 Å². The smallest absolute Gasteiger partial charge is 0.410 e. The number of ether oxygens (including phenoxy) is 2. The Morgan fingerprint density at radius 3 is 2.14 bits per heavy atom. The molecule has 1 rings (SSSR count). The number of amides is 4. The summed E-state index contributed by atoms with van der Waals surface area (Å²) in [7, 11) is 0. The fourth-order valence-corrected chi connectivity index (χ4v) is 2.55. The zero-order valence-corrected chi connectivity index (χ0v) is 17.3. The van der Waals surface area contributed by atoms with E-state index in [4.69, 9.17) is 4.74 Å². The molecule has 1 atom stereocenters. The zero-order valence-electron chi connectivity index (χ0n) is 17.3. The molecule has 0 aromatic carbocycles. The minimum atomic E-state index is -0.703. The quantitative estimate of drug-likeness (QED) is 0.446. The maximum Gasteiger partial charge on any atom is 0.410 e. The fraction of sp³-hybridized carbons (Fsp3) is 0.722. The van der Waals surface area contributed by atoms with Crippen LogP contribution in [-0.4, -0.2) is 79.1 Å². The summed E-state index contributed by atoms with van der Waals surface area (Å²) in [6, 6.07) is -0.703. The number of likely N-dealkylation sites (tertiary alicyclic amines) is 1. The Morgan fingerprint density at radius 2 is 1.55 bits per heavy atom. The van der Waals surface area contributed by atoms with Gasteiger partial charge in [0.1, 0.15) is 18.2 Å². The molecule has 0 aliphatic carbocycles. The second-order valence-electron chi connectivity index (χ2n) is 7.41. The van der Waals surface area contributed by atoms with Crippen molar-refractivity contribution in [3.05, 3.63) is 0 Å². The molecule has 3 N–H and O–H groups in total. The SMILES string of the molecule is CCOC(=O)CNC(=O)CNC(=O)CNC(=O)C1CCCN1C(=O)OC(C)(C)C. The van der Waals surface area contributed by atoms with Gasteiger partial charge in [0.2, 0.25) is 17.7 Å². The van der Waals surface area contributed by atoms with Crippen LogP contribution in [0.3, 0.4) is 0 Å². The van der Waals surface area contributed by atoms with E-state index in [1.54, 1.807) is 27.7 Å². The Morgan fingerprint density at radius 1 is 0.966 bits per heavy atom. The van der Waals surface area contributed by atoms with E-state index in [1.165, 1.54) is 4.90 Å². The first kappa shape index (κ1) is 24.2. The van der Waals surface area contributed by atoms with Crippen molar-refractivity contribution in [1.29, 1.82) is 0 Å². The number of esters is 1. The highest BCUT2D eigenvalue weighted by Crippen LogP contribution is 2.20. The van der Waals surface area contributed by atoms with Gasteiger partial charge in [-0.25, -0.2) is 4.79 Å². The highest BCUT2D eigenvalue weighted by atomic mass is 16.6. The monoisotopic (exact) mass is 414 g/mol. The maximum absolute atomic E-state index is 12.3. The van der Waals surface area contributed by atoms with E-state index in [-0.39, 0.29) is 26.2 Å². The summed E-state index contributed by atoms with van der Waals surface area (Å²) in [6.07, 6.45) is 0.561. The van der Waals surface area contributed by atoms with Gasteiger partial charge in [0.05, 0.1) is 19.7 Å². The molecule has 11 heteroatoms. The molecule has 0 bridgehead atoms. The van der Waals surface area contributed by atoms with Crippen LogP contribution in [0.2, 0.25) is 0 Å². The Bertz CT molecular complexity index is 630. The number of nitrogens with one attached hydrogen (secondary N) is 3. The highest BCUT2D eigenvalue weighted by molar-refractivity contribution is 5.91. The summed E-state index contributed by atoms with van der Waals surface area (Å²) in [6.45, 7) is 6.49. The van der Waals surface area contributed by atoms with Gasteiger partial charge in [-0.1, -0.05) is 0 Å².